The maximum absolute atomic E-state index is 11.9. The minimum absolute atomic E-state index is 0.00797. The van der Waals surface area contributed by atoms with Crippen LogP contribution >= 0.6 is 0 Å². The number of piperidine rings is 1. The number of rotatable bonds is 9. The molecule has 9 nitrogen and oxygen atoms in total. The molecule has 0 spiro atoms. The maximum Gasteiger partial charge on any atom is 0.303 e. The topological polar surface area (TPSA) is 121 Å². The van der Waals surface area contributed by atoms with Crippen LogP contribution in [0.15, 0.2) is 18.2 Å². The monoisotopic (exact) mass is 441 g/mol. The molecule has 1 aliphatic heterocycles. The number of nitro groups is 1. The summed E-state index contributed by atoms with van der Waals surface area (Å²) in [5.41, 5.74) is 1.07. The summed E-state index contributed by atoms with van der Waals surface area (Å²) in [6.07, 6.45) is 2.28. The van der Waals surface area contributed by atoms with Crippen LogP contribution in [0.4, 0.5) is 11.4 Å². The van der Waals surface area contributed by atoms with Crippen LogP contribution in [-0.4, -0.2) is 60.7 Å². The van der Waals surface area contributed by atoms with Gasteiger partial charge in [0, 0.05) is 31.7 Å². The Morgan fingerprint density at radius 3 is 2.37 bits per heavy atom. The molecule has 1 aliphatic rings. The van der Waals surface area contributed by atoms with Crippen LogP contribution in [0, 0.1) is 16.0 Å². The fourth-order valence-electron chi connectivity index (χ4n) is 3.94. The molecular weight excluding hydrogens is 410 g/mol. The minimum Gasteiger partial charge on any atom is -0.481 e. The third-order valence-corrected chi connectivity index (χ3v) is 6.75. The Labute approximate surface area is 177 Å². The van der Waals surface area contributed by atoms with Crippen molar-refractivity contribution in [3.63, 3.8) is 0 Å². The van der Waals surface area contributed by atoms with Crippen molar-refractivity contribution in [2.24, 2.45) is 5.92 Å². The van der Waals surface area contributed by atoms with E-state index in [1.165, 1.54) is 16.6 Å². The zero-order chi connectivity index (χ0) is 22.6. The first-order chi connectivity index (χ1) is 13.9. The number of carboxylic acids is 1. The molecule has 1 aromatic rings. The van der Waals surface area contributed by atoms with Crippen molar-refractivity contribution < 1.29 is 23.2 Å². The zero-order valence-electron chi connectivity index (χ0n) is 17.9. The van der Waals surface area contributed by atoms with Crippen LogP contribution in [0.2, 0.25) is 0 Å². The molecule has 1 heterocycles. The average Bonchev–Trinajstić information content (AvgIpc) is 2.64. The van der Waals surface area contributed by atoms with Gasteiger partial charge in [-0.05, 0) is 36.3 Å². The summed E-state index contributed by atoms with van der Waals surface area (Å²) in [7, 11) is -3.25. The number of anilines is 1. The van der Waals surface area contributed by atoms with Crippen molar-refractivity contribution in [1.82, 2.24) is 4.31 Å². The van der Waals surface area contributed by atoms with E-state index in [2.05, 4.69) is 0 Å². The lowest BCUT2D eigenvalue weighted by Gasteiger charge is -2.39. The Balaban J connectivity index is 2.37. The van der Waals surface area contributed by atoms with Gasteiger partial charge in [0.25, 0.3) is 5.69 Å². The maximum atomic E-state index is 11.9. The van der Waals surface area contributed by atoms with E-state index in [1.54, 1.807) is 19.1 Å². The predicted molar refractivity (Wildman–Crippen MR) is 115 cm³/mol. The molecule has 1 saturated heterocycles. The Kier molecular flexibility index (Phi) is 7.81. The van der Waals surface area contributed by atoms with E-state index >= 15 is 0 Å². The van der Waals surface area contributed by atoms with Crippen molar-refractivity contribution in [2.75, 3.05) is 30.8 Å². The first kappa shape index (κ1) is 24.1. The van der Waals surface area contributed by atoms with Crippen molar-refractivity contribution in [3.05, 3.63) is 33.9 Å². The van der Waals surface area contributed by atoms with E-state index in [-0.39, 0.29) is 30.0 Å². The molecule has 1 fully saturated rings. The zero-order valence-corrected chi connectivity index (χ0v) is 18.8. The van der Waals surface area contributed by atoms with Crippen LogP contribution in [-0.2, 0) is 14.8 Å². The highest BCUT2D eigenvalue weighted by Crippen LogP contribution is 2.36. The quantitative estimate of drug-likeness (QED) is 0.462. The third kappa shape index (κ3) is 6.15. The highest BCUT2D eigenvalue weighted by atomic mass is 32.2. The van der Waals surface area contributed by atoms with Gasteiger partial charge in [0.05, 0.1) is 17.6 Å². The molecular formula is C20H31N3O6S. The second-order valence-corrected chi connectivity index (χ2v) is 10.4. The van der Waals surface area contributed by atoms with Crippen molar-refractivity contribution in [1.29, 1.82) is 0 Å². The number of nitrogens with zero attached hydrogens (tertiary/aromatic N) is 3. The molecule has 0 saturated carbocycles. The second kappa shape index (κ2) is 9.74. The fourth-order valence-corrected chi connectivity index (χ4v) is 4.81. The Bertz CT molecular complexity index is 879. The summed E-state index contributed by atoms with van der Waals surface area (Å²) in [5, 5.41) is 20.9. The fraction of sp³-hybridized carbons (Fsp3) is 0.650. The molecule has 0 bridgehead atoms. The van der Waals surface area contributed by atoms with Crippen LogP contribution in [0.1, 0.15) is 51.5 Å². The number of sulfonamides is 1. The predicted octanol–water partition coefficient (Wildman–Crippen LogP) is 3.06. The Morgan fingerprint density at radius 1 is 1.30 bits per heavy atom. The van der Waals surface area contributed by atoms with E-state index in [1.807, 2.05) is 18.7 Å². The van der Waals surface area contributed by atoms with E-state index < -0.39 is 20.9 Å². The van der Waals surface area contributed by atoms with Crippen LogP contribution in [0.3, 0.4) is 0 Å². The van der Waals surface area contributed by atoms with Gasteiger partial charge in [0.1, 0.15) is 5.69 Å². The first-order valence-electron chi connectivity index (χ1n) is 10.1. The lowest BCUT2D eigenvalue weighted by molar-refractivity contribution is -0.384. The molecule has 0 radical (unpaired) electrons. The molecule has 0 aliphatic carbocycles. The number of carbonyl (C=O) groups is 1. The highest BCUT2D eigenvalue weighted by molar-refractivity contribution is 7.88. The number of carboxylic acid groups (broad SMARTS) is 1. The summed E-state index contributed by atoms with van der Waals surface area (Å²) in [4.78, 5) is 24.5. The summed E-state index contributed by atoms with van der Waals surface area (Å²) < 4.78 is 25.1. The van der Waals surface area contributed by atoms with Gasteiger partial charge >= 0.3 is 5.97 Å². The number of hydrogen-bond acceptors (Lipinski definition) is 6. The van der Waals surface area contributed by atoms with Crippen LogP contribution in [0.25, 0.3) is 0 Å². The van der Waals surface area contributed by atoms with Gasteiger partial charge < -0.3 is 10.0 Å². The number of hydrogen-bond donors (Lipinski definition) is 1. The first-order valence-corrected chi connectivity index (χ1v) is 12.0. The molecule has 168 valence electrons. The molecule has 1 unspecified atom stereocenters. The van der Waals surface area contributed by atoms with E-state index in [9.17, 15) is 23.3 Å². The standard InChI is InChI=1S/C20H31N3O6S/c1-14(2)13-22(17-7-9-21(10-8-17)30(4,28)29)18-6-5-16(12-19(18)23(26)27)15(3)11-20(24)25/h5-6,12,14-15,17H,7-11,13H2,1-4H3,(H,24,25). The number of benzene rings is 1. The van der Waals surface area contributed by atoms with Gasteiger partial charge in [-0.1, -0.05) is 26.8 Å². The summed E-state index contributed by atoms with van der Waals surface area (Å²) >= 11 is 0. The van der Waals surface area contributed by atoms with Crippen LogP contribution < -0.4 is 4.90 Å². The summed E-state index contributed by atoms with van der Waals surface area (Å²) in [5.74, 6) is -1.04. The van der Waals surface area contributed by atoms with Gasteiger partial charge in [-0.25, -0.2) is 12.7 Å². The van der Waals surface area contributed by atoms with Crippen molar-refractivity contribution >= 4 is 27.4 Å². The summed E-state index contributed by atoms with van der Waals surface area (Å²) in [6.45, 7) is 7.19. The lowest BCUT2D eigenvalue weighted by Crippen LogP contribution is -2.47. The largest absolute Gasteiger partial charge is 0.481 e. The number of nitro benzene ring substituents is 1. The van der Waals surface area contributed by atoms with Crippen LogP contribution in [0.5, 0.6) is 0 Å². The highest BCUT2D eigenvalue weighted by Gasteiger charge is 2.32. The third-order valence-electron chi connectivity index (χ3n) is 5.45. The van der Waals surface area contributed by atoms with Gasteiger partial charge in [0.15, 0.2) is 0 Å². The van der Waals surface area contributed by atoms with Crippen molar-refractivity contribution in [3.8, 4) is 0 Å². The molecule has 2 rings (SSSR count). The molecule has 10 heteroatoms. The molecule has 1 aromatic carbocycles. The Hall–Kier alpha value is -2.20. The normalized spacial score (nSPS) is 17.1. The lowest BCUT2D eigenvalue weighted by atomic mass is 9.95. The molecule has 30 heavy (non-hydrogen) atoms. The average molecular weight is 442 g/mol. The second-order valence-electron chi connectivity index (χ2n) is 8.44. The van der Waals surface area contributed by atoms with Gasteiger partial charge in [-0.15, -0.1) is 0 Å². The van der Waals surface area contributed by atoms with Gasteiger partial charge in [-0.3, -0.25) is 14.9 Å². The number of aliphatic carboxylic acids is 1. The molecule has 1 N–H and O–H groups in total. The van der Waals surface area contributed by atoms with Gasteiger partial charge in [0.2, 0.25) is 10.0 Å². The van der Waals surface area contributed by atoms with E-state index in [4.69, 9.17) is 5.11 Å². The molecule has 0 amide bonds. The van der Waals surface area contributed by atoms with E-state index in [0.29, 0.717) is 43.7 Å². The SMILES string of the molecule is CC(C)CN(c1ccc(C(C)CC(=O)O)cc1[N+](=O)[O-])C1CCN(S(C)(=O)=O)CC1. The minimum atomic E-state index is -3.25. The Morgan fingerprint density at radius 2 is 1.90 bits per heavy atom. The smallest absolute Gasteiger partial charge is 0.303 e. The molecule has 1 atom stereocenters. The van der Waals surface area contributed by atoms with Gasteiger partial charge in [-0.2, -0.15) is 0 Å². The van der Waals surface area contributed by atoms with Crippen molar-refractivity contribution in [2.45, 2.75) is 52.0 Å². The molecule has 0 aromatic heterocycles. The summed E-state index contributed by atoms with van der Waals surface area (Å²) in [6, 6.07) is 4.93. The van der Waals surface area contributed by atoms with E-state index in [0.717, 1.165) is 0 Å².